The van der Waals surface area contributed by atoms with Gasteiger partial charge in [0, 0.05) is 7.11 Å². The lowest BCUT2D eigenvalue weighted by Gasteiger charge is -2.29. The largest absolute Gasteiger partial charge is 0.393 e. The summed E-state index contributed by atoms with van der Waals surface area (Å²) in [6.07, 6.45) is 3.03. The molecule has 0 aromatic rings. The molecule has 1 fully saturated rings. The van der Waals surface area contributed by atoms with Gasteiger partial charge < -0.3 is 9.84 Å². The van der Waals surface area contributed by atoms with Crippen molar-refractivity contribution >= 4 is 0 Å². The van der Waals surface area contributed by atoms with Crippen molar-refractivity contribution in [3.05, 3.63) is 0 Å². The number of ether oxygens (including phenoxy) is 1. The third kappa shape index (κ3) is 1.96. The van der Waals surface area contributed by atoms with E-state index in [1.54, 1.807) is 7.11 Å². The van der Waals surface area contributed by atoms with Crippen LogP contribution in [0.25, 0.3) is 0 Å². The van der Waals surface area contributed by atoms with Crippen LogP contribution in [0.4, 0.5) is 0 Å². The highest BCUT2D eigenvalue weighted by molar-refractivity contribution is 4.76. The van der Waals surface area contributed by atoms with Gasteiger partial charge in [-0.05, 0) is 25.2 Å². The van der Waals surface area contributed by atoms with Crippen LogP contribution < -0.4 is 0 Å². The molecule has 0 spiro atoms. The average molecular weight is 144 g/mol. The Morgan fingerprint density at radius 2 is 2.00 bits per heavy atom. The monoisotopic (exact) mass is 144 g/mol. The highest BCUT2D eigenvalue weighted by Gasteiger charge is 2.24. The van der Waals surface area contributed by atoms with Crippen molar-refractivity contribution in [1.29, 1.82) is 0 Å². The summed E-state index contributed by atoms with van der Waals surface area (Å²) in [6, 6.07) is 0. The number of aliphatic hydroxyl groups is 1. The molecule has 2 heteroatoms. The van der Waals surface area contributed by atoms with Crippen molar-refractivity contribution in [2.24, 2.45) is 5.92 Å². The first-order valence-electron chi connectivity index (χ1n) is 3.93. The third-order valence-electron chi connectivity index (χ3n) is 2.21. The van der Waals surface area contributed by atoms with Crippen molar-refractivity contribution in [3.63, 3.8) is 0 Å². The average Bonchev–Trinajstić information content (AvgIpc) is 1.85. The normalized spacial score (nSPS) is 41.7. The van der Waals surface area contributed by atoms with Gasteiger partial charge in [0.25, 0.3) is 0 Å². The molecule has 2 nitrogen and oxygen atoms in total. The van der Waals surface area contributed by atoms with Crippen LogP contribution in [0.15, 0.2) is 0 Å². The molecular weight excluding hydrogens is 128 g/mol. The van der Waals surface area contributed by atoms with E-state index < -0.39 is 0 Å². The molecule has 1 N–H and O–H groups in total. The third-order valence-corrected chi connectivity index (χ3v) is 2.21. The maximum atomic E-state index is 9.30. The van der Waals surface area contributed by atoms with Crippen LogP contribution in [0, 0.1) is 5.92 Å². The lowest BCUT2D eigenvalue weighted by Crippen LogP contribution is -2.29. The van der Waals surface area contributed by atoms with Crippen LogP contribution in [-0.2, 0) is 4.74 Å². The van der Waals surface area contributed by atoms with Gasteiger partial charge in [-0.25, -0.2) is 0 Å². The summed E-state index contributed by atoms with van der Waals surface area (Å²) in [5.41, 5.74) is 0. The van der Waals surface area contributed by atoms with Crippen molar-refractivity contribution in [3.8, 4) is 0 Å². The molecule has 10 heavy (non-hydrogen) atoms. The Kier molecular flexibility index (Phi) is 2.69. The zero-order chi connectivity index (χ0) is 7.56. The Morgan fingerprint density at radius 1 is 1.30 bits per heavy atom. The quantitative estimate of drug-likeness (QED) is 0.599. The highest BCUT2D eigenvalue weighted by atomic mass is 16.5. The number of aliphatic hydroxyl groups excluding tert-OH is 1. The summed E-state index contributed by atoms with van der Waals surface area (Å²) in [5, 5.41) is 9.30. The second kappa shape index (κ2) is 3.35. The van der Waals surface area contributed by atoms with E-state index >= 15 is 0 Å². The van der Waals surface area contributed by atoms with Gasteiger partial charge in [-0.2, -0.15) is 0 Å². The van der Waals surface area contributed by atoms with Gasteiger partial charge in [0.15, 0.2) is 0 Å². The summed E-state index contributed by atoms with van der Waals surface area (Å²) in [4.78, 5) is 0. The molecule has 2 unspecified atom stereocenters. The molecule has 0 aliphatic heterocycles. The predicted molar refractivity (Wildman–Crippen MR) is 39.8 cm³/mol. The second-order valence-corrected chi connectivity index (χ2v) is 3.32. The molecule has 1 rings (SSSR count). The Morgan fingerprint density at radius 3 is 2.50 bits per heavy atom. The first-order valence-corrected chi connectivity index (χ1v) is 3.93. The minimum atomic E-state index is -0.131. The van der Waals surface area contributed by atoms with Gasteiger partial charge in [-0.15, -0.1) is 0 Å². The number of methoxy groups -OCH3 is 1. The summed E-state index contributed by atoms with van der Waals surface area (Å²) in [6.45, 7) is 2.16. The van der Waals surface area contributed by atoms with Crippen molar-refractivity contribution in [1.82, 2.24) is 0 Å². The predicted octanol–water partition coefficient (Wildman–Crippen LogP) is 1.18. The van der Waals surface area contributed by atoms with Crippen LogP contribution in [0.2, 0.25) is 0 Å². The second-order valence-electron chi connectivity index (χ2n) is 3.32. The number of hydrogen-bond acceptors (Lipinski definition) is 2. The van der Waals surface area contributed by atoms with Gasteiger partial charge in [-0.3, -0.25) is 0 Å². The van der Waals surface area contributed by atoms with E-state index in [9.17, 15) is 5.11 Å². The fourth-order valence-corrected chi connectivity index (χ4v) is 1.70. The van der Waals surface area contributed by atoms with Crippen molar-refractivity contribution in [2.75, 3.05) is 7.11 Å². The topological polar surface area (TPSA) is 29.5 Å². The van der Waals surface area contributed by atoms with Gasteiger partial charge in [0.05, 0.1) is 12.2 Å². The zero-order valence-electron chi connectivity index (χ0n) is 6.71. The lowest BCUT2D eigenvalue weighted by molar-refractivity contribution is -0.00723. The van der Waals surface area contributed by atoms with Crippen molar-refractivity contribution in [2.45, 2.75) is 38.4 Å². The molecule has 0 amide bonds. The number of hydrogen-bond donors (Lipinski definition) is 1. The van der Waals surface area contributed by atoms with E-state index in [1.165, 1.54) is 0 Å². The minimum absolute atomic E-state index is 0.131. The van der Waals surface area contributed by atoms with E-state index in [-0.39, 0.29) is 6.10 Å². The maximum Gasteiger partial charge on any atom is 0.0598 e. The first-order chi connectivity index (χ1) is 4.72. The van der Waals surface area contributed by atoms with E-state index in [0.29, 0.717) is 12.0 Å². The van der Waals surface area contributed by atoms with E-state index in [0.717, 1.165) is 19.3 Å². The Balaban J connectivity index is 2.35. The molecule has 0 aromatic heterocycles. The molecule has 1 saturated carbocycles. The lowest BCUT2D eigenvalue weighted by atomic mass is 9.87. The summed E-state index contributed by atoms with van der Waals surface area (Å²) < 4.78 is 5.17. The highest BCUT2D eigenvalue weighted by Crippen LogP contribution is 2.25. The smallest absolute Gasteiger partial charge is 0.0598 e. The Hall–Kier alpha value is -0.0800. The molecule has 0 heterocycles. The van der Waals surface area contributed by atoms with E-state index in [1.807, 2.05) is 0 Å². The van der Waals surface area contributed by atoms with E-state index in [2.05, 4.69) is 6.92 Å². The number of rotatable bonds is 1. The molecular formula is C8H16O2. The summed E-state index contributed by atoms with van der Waals surface area (Å²) >= 11 is 0. The van der Waals surface area contributed by atoms with Gasteiger partial charge in [0.1, 0.15) is 0 Å². The maximum absolute atomic E-state index is 9.30. The Labute approximate surface area is 62.2 Å². The molecule has 3 atom stereocenters. The molecule has 0 saturated heterocycles. The standard InChI is InChI=1S/C8H16O2/c1-6-3-7(9)5-8(4-6)10-2/h6-9H,3-5H2,1-2H3/t6-,7?,8?/m1/s1. The SMILES string of the molecule is COC1CC(O)C[C@@H](C)C1. The molecule has 60 valence electrons. The van der Waals surface area contributed by atoms with Crippen LogP contribution in [0.5, 0.6) is 0 Å². The minimum Gasteiger partial charge on any atom is -0.393 e. The fraction of sp³-hybridized carbons (Fsp3) is 1.00. The molecule has 1 aliphatic carbocycles. The van der Waals surface area contributed by atoms with Gasteiger partial charge >= 0.3 is 0 Å². The summed E-state index contributed by atoms with van der Waals surface area (Å²) in [5.74, 6) is 0.619. The van der Waals surface area contributed by atoms with Crippen LogP contribution in [0.3, 0.4) is 0 Å². The van der Waals surface area contributed by atoms with Gasteiger partial charge in [0.2, 0.25) is 0 Å². The van der Waals surface area contributed by atoms with Crippen LogP contribution in [-0.4, -0.2) is 24.4 Å². The summed E-state index contributed by atoms with van der Waals surface area (Å²) in [7, 11) is 1.72. The van der Waals surface area contributed by atoms with Crippen LogP contribution >= 0.6 is 0 Å². The molecule has 0 bridgehead atoms. The zero-order valence-corrected chi connectivity index (χ0v) is 6.71. The van der Waals surface area contributed by atoms with Crippen molar-refractivity contribution < 1.29 is 9.84 Å². The molecule has 0 aromatic carbocycles. The molecule has 1 aliphatic rings. The first kappa shape index (κ1) is 8.02. The fourth-order valence-electron chi connectivity index (χ4n) is 1.70. The van der Waals surface area contributed by atoms with E-state index in [4.69, 9.17) is 4.74 Å². The van der Waals surface area contributed by atoms with Gasteiger partial charge in [-0.1, -0.05) is 6.92 Å². The Bertz CT molecular complexity index is 93.4. The molecule has 0 radical (unpaired) electrons. The van der Waals surface area contributed by atoms with Crippen LogP contribution in [0.1, 0.15) is 26.2 Å².